The quantitative estimate of drug-likeness (QED) is 0.447. The largest absolute Gasteiger partial charge is 0.490 e. The van der Waals surface area contributed by atoms with E-state index in [2.05, 4.69) is 39.3 Å². The average molecular weight is 508 g/mol. The molecule has 0 aliphatic carbocycles. The van der Waals surface area contributed by atoms with Crippen LogP contribution in [0, 0.1) is 6.92 Å². The van der Waals surface area contributed by atoms with Crippen molar-refractivity contribution in [1.29, 1.82) is 0 Å². The van der Waals surface area contributed by atoms with Crippen molar-refractivity contribution >= 4 is 23.0 Å². The zero-order valence-electron chi connectivity index (χ0n) is 19.1. The van der Waals surface area contributed by atoms with E-state index in [0.717, 1.165) is 55.3 Å². The van der Waals surface area contributed by atoms with E-state index < -0.39 is 12.1 Å². The summed E-state index contributed by atoms with van der Waals surface area (Å²) in [5.41, 5.74) is 2.68. The summed E-state index contributed by atoms with van der Waals surface area (Å²) >= 11 is 1.90. The Kier molecular flexibility index (Phi) is 7.17. The van der Waals surface area contributed by atoms with Crippen LogP contribution in [0.15, 0.2) is 36.5 Å². The van der Waals surface area contributed by atoms with Crippen molar-refractivity contribution in [2.24, 2.45) is 7.05 Å². The number of carbonyl (C=O) groups is 1. The first-order valence-corrected chi connectivity index (χ1v) is 11.7. The summed E-state index contributed by atoms with van der Waals surface area (Å²) < 4.78 is 35.5. The summed E-state index contributed by atoms with van der Waals surface area (Å²) in [6, 6.07) is 10.4. The minimum atomic E-state index is -5.08. The van der Waals surface area contributed by atoms with E-state index in [4.69, 9.17) is 15.0 Å². The lowest BCUT2D eigenvalue weighted by atomic mass is 9.96. The van der Waals surface area contributed by atoms with Crippen molar-refractivity contribution in [2.45, 2.75) is 38.4 Å². The van der Waals surface area contributed by atoms with Crippen LogP contribution in [0.3, 0.4) is 0 Å². The van der Waals surface area contributed by atoms with Crippen LogP contribution in [-0.4, -0.2) is 64.8 Å². The Morgan fingerprint density at radius 2 is 1.86 bits per heavy atom. The summed E-state index contributed by atoms with van der Waals surface area (Å²) in [6.45, 7) is 5.38. The van der Waals surface area contributed by atoms with Gasteiger partial charge in [-0.25, -0.2) is 4.79 Å². The zero-order valence-corrected chi connectivity index (χ0v) is 19.9. The topological polar surface area (TPSA) is 101 Å². The molecule has 5 rings (SSSR count). The second kappa shape index (κ2) is 10.1. The van der Waals surface area contributed by atoms with E-state index in [0.29, 0.717) is 5.92 Å². The van der Waals surface area contributed by atoms with E-state index in [1.807, 2.05) is 45.8 Å². The van der Waals surface area contributed by atoms with E-state index in [1.165, 1.54) is 9.75 Å². The van der Waals surface area contributed by atoms with Crippen molar-refractivity contribution in [3.05, 3.63) is 52.1 Å². The van der Waals surface area contributed by atoms with E-state index in [-0.39, 0.29) is 0 Å². The number of carboxylic acids is 1. The van der Waals surface area contributed by atoms with Gasteiger partial charge in [0.15, 0.2) is 11.5 Å². The molecule has 1 aliphatic rings. The van der Waals surface area contributed by atoms with Gasteiger partial charge in [0, 0.05) is 35.5 Å². The molecule has 0 saturated carbocycles. The number of alkyl halides is 3. The molecule has 1 aliphatic heterocycles. The van der Waals surface area contributed by atoms with Gasteiger partial charge in [0.2, 0.25) is 0 Å². The number of likely N-dealkylation sites (tertiary alicyclic amines) is 1. The van der Waals surface area contributed by atoms with Gasteiger partial charge in [-0.2, -0.15) is 27.9 Å². The molecule has 35 heavy (non-hydrogen) atoms. The highest BCUT2D eigenvalue weighted by atomic mass is 32.1. The predicted molar refractivity (Wildman–Crippen MR) is 123 cm³/mol. The third-order valence-corrected chi connectivity index (χ3v) is 6.73. The van der Waals surface area contributed by atoms with Crippen molar-refractivity contribution in [3.63, 3.8) is 0 Å². The molecule has 9 nitrogen and oxygen atoms in total. The molecule has 0 bridgehead atoms. The highest BCUT2D eigenvalue weighted by Crippen LogP contribution is 2.29. The summed E-state index contributed by atoms with van der Waals surface area (Å²) in [6.07, 6.45) is -1.12. The monoisotopic (exact) mass is 507 g/mol. The first kappa shape index (κ1) is 24.8. The van der Waals surface area contributed by atoms with Crippen LogP contribution < -0.4 is 0 Å². The highest BCUT2D eigenvalue weighted by molar-refractivity contribution is 7.11. The van der Waals surface area contributed by atoms with E-state index in [9.17, 15) is 13.2 Å². The van der Waals surface area contributed by atoms with Crippen LogP contribution in [0.5, 0.6) is 0 Å². The van der Waals surface area contributed by atoms with Gasteiger partial charge in [-0.1, -0.05) is 0 Å². The number of fused-ring (bicyclic) bond motifs is 1. The van der Waals surface area contributed by atoms with Gasteiger partial charge >= 0.3 is 12.1 Å². The van der Waals surface area contributed by atoms with Crippen LogP contribution in [0.2, 0.25) is 0 Å². The van der Waals surface area contributed by atoms with Gasteiger partial charge in [0.1, 0.15) is 5.69 Å². The molecule has 0 atom stereocenters. The second-order valence-corrected chi connectivity index (χ2v) is 9.62. The lowest BCUT2D eigenvalue weighted by molar-refractivity contribution is -0.192. The number of rotatable bonds is 4. The Morgan fingerprint density at radius 1 is 1.14 bits per heavy atom. The molecular weight excluding hydrogens is 483 g/mol. The van der Waals surface area contributed by atoms with Crippen molar-refractivity contribution in [1.82, 2.24) is 34.5 Å². The molecule has 0 amide bonds. The van der Waals surface area contributed by atoms with Gasteiger partial charge < -0.3 is 5.11 Å². The molecule has 1 fully saturated rings. The first-order chi connectivity index (χ1) is 16.6. The maximum Gasteiger partial charge on any atom is 0.490 e. The van der Waals surface area contributed by atoms with E-state index >= 15 is 0 Å². The Hall–Kier alpha value is -3.32. The molecule has 4 aromatic heterocycles. The molecule has 4 aromatic rings. The molecule has 0 unspecified atom stereocenters. The summed E-state index contributed by atoms with van der Waals surface area (Å²) in [7, 11) is 1.93. The second-order valence-electron chi connectivity index (χ2n) is 8.25. The van der Waals surface area contributed by atoms with Gasteiger partial charge in [-0.05, 0) is 63.2 Å². The Balaban J connectivity index is 0.000000364. The smallest absolute Gasteiger partial charge is 0.475 e. The molecule has 13 heteroatoms. The summed E-state index contributed by atoms with van der Waals surface area (Å²) in [4.78, 5) is 14.3. The molecular formula is C22H24F3N7O2S. The maximum atomic E-state index is 10.6. The van der Waals surface area contributed by atoms with Crippen LogP contribution in [-0.2, 0) is 18.4 Å². The molecule has 1 saturated heterocycles. The SMILES string of the molecule is Cc1ccc(CN2CCC(c3nnc4ccc(-c5ccnn5C)nn34)CC2)s1.O=C(O)C(F)(F)F. The number of halogens is 3. The Labute approximate surface area is 202 Å². The van der Waals surface area contributed by atoms with Crippen molar-refractivity contribution < 1.29 is 23.1 Å². The standard InChI is InChI=1S/C20H23N7S.C2HF3O2/c1-14-3-4-16(28-14)13-26-11-8-15(9-12-26)20-23-22-19-6-5-17(24-27(19)20)18-7-10-21-25(18)2;3-2(4,5)1(6)7/h3-7,10,15H,8-9,11-13H2,1-2H3;(H,6,7). The summed E-state index contributed by atoms with van der Waals surface area (Å²) in [5.74, 6) is -1.39. The van der Waals surface area contributed by atoms with Crippen LogP contribution in [0.1, 0.15) is 34.3 Å². The molecule has 0 radical (unpaired) electrons. The Morgan fingerprint density at radius 3 is 2.43 bits per heavy atom. The minimum Gasteiger partial charge on any atom is -0.475 e. The molecule has 5 heterocycles. The Bertz CT molecular complexity index is 1310. The molecule has 1 N–H and O–H groups in total. The predicted octanol–water partition coefficient (Wildman–Crippen LogP) is 3.91. The molecule has 0 aromatic carbocycles. The first-order valence-electron chi connectivity index (χ1n) is 10.9. The number of nitrogens with zero attached hydrogens (tertiary/aromatic N) is 7. The maximum absolute atomic E-state index is 10.6. The van der Waals surface area contributed by atoms with Gasteiger partial charge in [-0.15, -0.1) is 21.5 Å². The van der Waals surface area contributed by atoms with Gasteiger partial charge in [0.25, 0.3) is 0 Å². The number of aromatic nitrogens is 6. The van der Waals surface area contributed by atoms with Crippen LogP contribution in [0.4, 0.5) is 13.2 Å². The minimum absolute atomic E-state index is 0.394. The number of aliphatic carboxylic acids is 1. The number of aryl methyl sites for hydroxylation is 2. The number of thiophene rings is 1. The number of carboxylic acid groups (broad SMARTS) is 1. The van der Waals surface area contributed by atoms with E-state index in [1.54, 1.807) is 6.20 Å². The third-order valence-electron chi connectivity index (χ3n) is 5.74. The zero-order chi connectivity index (χ0) is 25.2. The van der Waals surface area contributed by atoms with Gasteiger partial charge in [-0.3, -0.25) is 9.58 Å². The summed E-state index contributed by atoms with van der Waals surface area (Å²) in [5, 5.41) is 25.0. The number of piperidine rings is 1. The van der Waals surface area contributed by atoms with Crippen molar-refractivity contribution in [2.75, 3.05) is 13.1 Å². The molecule has 186 valence electrons. The normalized spacial score (nSPS) is 15.2. The van der Waals surface area contributed by atoms with Crippen LogP contribution in [0.25, 0.3) is 17.0 Å². The lowest BCUT2D eigenvalue weighted by Crippen LogP contribution is -2.32. The lowest BCUT2D eigenvalue weighted by Gasteiger charge is -2.30. The highest BCUT2D eigenvalue weighted by Gasteiger charge is 2.38. The fourth-order valence-corrected chi connectivity index (χ4v) is 4.89. The fraction of sp³-hybridized carbons (Fsp3) is 0.409. The van der Waals surface area contributed by atoms with Gasteiger partial charge in [0.05, 0.1) is 5.69 Å². The molecule has 0 spiro atoms. The van der Waals surface area contributed by atoms with Crippen molar-refractivity contribution in [3.8, 4) is 11.4 Å². The average Bonchev–Trinajstić information content (AvgIpc) is 3.53. The fourth-order valence-electron chi connectivity index (χ4n) is 3.96. The number of hydrogen-bond donors (Lipinski definition) is 1. The third kappa shape index (κ3) is 5.85. The van der Waals surface area contributed by atoms with Crippen LogP contribution >= 0.6 is 11.3 Å². The number of hydrogen-bond acceptors (Lipinski definition) is 7.